The van der Waals surface area contributed by atoms with Crippen molar-refractivity contribution in [2.24, 2.45) is 46.3 Å². The molecule has 0 aromatic rings. The molecule has 160 valence electrons. The summed E-state index contributed by atoms with van der Waals surface area (Å²) >= 11 is 0. The second kappa shape index (κ2) is 7.27. The molecule has 10 atom stereocenters. The molecule has 0 unspecified atom stereocenters. The van der Waals surface area contributed by atoms with Crippen molar-refractivity contribution < 1.29 is 20.1 Å². The van der Waals surface area contributed by atoms with Gasteiger partial charge in [-0.2, -0.15) is 0 Å². The van der Waals surface area contributed by atoms with Crippen molar-refractivity contribution >= 4 is 5.97 Å². The molecule has 4 rings (SSSR count). The molecule has 4 aliphatic rings. The lowest BCUT2D eigenvalue weighted by molar-refractivity contribution is -0.174. The number of carboxylic acid groups (broad SMARTS) is 1. The average Bonchev–Trinajstić information content (AvgIpc) is 2.98. The van der Waals surface area contributed by atoms with E-state index in [1.54, 1.807) is 0 Å². The fraction of sp³-hybridized carbons (Fsp3) is 0.958. The molecule has 0 aromatic heterocycles. The molecule has 0 bridgehead atoms. The molecule has 4 saturated carbocycles. The van der Waals surface area contributed by atoms with Gasteiger partial charge in [-0.25, -0.2) is 0 Å². The number of aliphatic hydroxyl groups is 2. The first-order valence-corrected chi connectivity index (χ1v) is 11.7. The van der Waals surface area contributed by atoms with Crippen LogP contribution in [0, 0.1) is 46.3 Å². The Balaban J connectivity index is 1.55. The number of hydrogen-bond donors (Lipinski definition) is 3. The molecule has 0 saturated heterocycles. The van der Waals surface area contributed by atoms with E-state index < -0.39 is 5.97 Å². The Kier molecular flexibility index (Phi) is 5.36. The SMILES string of the molecule is C[C@H](CCC(=O)O)[C@H]1CC[C@H]2[C@H]3[C@H](O)C[C@H]4C[C@@H](O)CC[C@]4(C)[C@@H]3CC[C@]12C. The van der Waals surface area contributed by atoms with Gasteiger partial charge in [0.15, 0.2) is 0 Å². The second-order valence-electron chi connectivity index (χ2n) is 11.4. The molecule has 0 spiro atoms. The molecular formula is C24H40O4. The van der Waals surface area contributed by atoms with Crippen molar-refractivity contribution in [1.82, 2.24) is 0 Å². The maximum Gasteiger partial charge on any atom is 0.303 e. The average molecular weight is 393 g/mol. The van der Waals surface area contributed by atoms with E-state index in [0.717, 1.165) is 32.1 Å². The van der Waals surface area contributed by atoms with Crippen LogP contribution in [0.1, 0.15) is 85.0 Å². The fourth-order valence-electron chi connectivity index (χ4n) is 8.73. The summed E-state index contributed by atoms with van der Waals surface area (Å²) < 4.78 is 0. The quantitative estimate of drug-likeness (QED) is 0.659. The number of carbonyl (C=O) groups is 1. The highest BCUT2D eigenvalue weighted by Crippen LogP contribution is 2.68. The Morgan fingerprint density at radius 3 is 2.39 bits per heavy atom. The summed E-state index contributed by atoms with van der Waals surface area (Å²) in [6, 6.07) is 0. The number of carboxylic acids is 1. The van der Waals surface area contributed by atoms with E-state index in [1.807, 2.05) is 0 Å². The fourth-order valence-corrected chi connectivity index (χ4v) is 8.73. The normalized spacial score (nSPS) is 51.7. The summed E-state index contributed by atoms with van der Waals surface area (Å²) in [4.78, 5) is 11.1. The Hall–Kier alpha value is -0.610. The summed E-state index contributed by atoms with van der Waals surface area (Å²) in [6.45, 7) is 7.16. The van der Waals surface area contributed by atoms with Crippen LogP contribution < -0.4 is 0 Å². The molecule has 0 heterocycles. The lowest BCUT2D eigenvalue weighted by atomic mass is 9.43. The van der Waals surface area contributed by atoms with Crippen molar-refractivity contribution in [2.75, 3.05) is 0 Å². The van der Waals surface area contributed by atoms with Gasteiger partial charge in [0, 0.05) is 6.42 Å². The molecule has 28 heavy (non-hydrogen) atoms. The van der Waals surface area contributed by atoms with Gasteiger partial charge in [-0.05, 0) is 104 Å². The standard InChI is InChI=1S/C24H40O4/c1-14(4-7-21(27)28)17-5-6-18-22-19(9-11-24(17,18)3)23(2)10-8-16(25)12-15(23)13-20(22)26/h14-20,22,25-26H,4-13H2,1-3H3,(H,27,28)/t14-,15-,16+,17-,18+,19-,20-,22-,23+,24-/m1/s1. The van der Waals surface area contributed by atoms with Crippen molar-refractivity contribution in [3.8, 4) is 0 Å². The first-order valence-electron chi connectivity index (χ1n) is 11.7. The van der Waals surface area contributed by atoms with Crippen molar-refractivity contribution in [3.63, 3.8) is 0 Å². The van der Waals surface area contributed by atoms with Crippen molar-refractivity contribution in [3.05, 3.63) is 0 Å². The number of aliphatic hydroxyl groups excluding tert-OH is 2. The molecule has 4 nitrogen and oxygen atoms in total. The van der Waals surface area contributed by atoms with E-state index >= 15 is 0 Å². The third kappa shape index (κ3) is 3.14. The topological polar surface area (TPSA) is 77.8 Å². The zero-order chi connectivity index (χ0) is 20.3. The van der Waals surface area contributed by atoms with E-state index in [-0.39, 0.29) is 29.5 Å². The van der Waals surface area contributed by atoms with Crippen LogP contribution in [0.3, 0.4) is 0 Å². The van der Waals surface area contributed by atoms with Gasteiger partial charge in [0.05, 0.1) is 12.2 Å². The summed E-state index contributed by atoms with van der Waals surface area (Å²) in [5.74, 6) is 2.36. The summed E-state index contributed by atoms with van der Waals surface area (Å²) in [7, 11) is 0. The van der Waals surface area contributed by atoms with Gasteiger partial charge >= 0.3 is 5.97 Å². The van der Waals surface area contributed by atoms with Crippen LogP contribution in [-0.2, 0) is 4.79 Å². The molecule has 0 amide bonds. The molecule has 4 heteroatoms. The third-order valence-electron chi connectivity index (χ3n) is 10.2. The van der Waals surface area contributed by atoms with Crippen LogP contribution in [-0.4, -0.2) is 33.5 Å². The zero-order valence-corrected chi connectivity index (χ0v) is 17.9. The lowest BCUT2D eigenvalue weighted by Gasteiger charge is -2.62. The maximum absolute atomic E-state index is 11.2. The van der Waals surface area contributed by atoms with E-state index in [9.17, 15) is 15.0 Å². The Morgan fingerprint density at radius 1 is 1.00 bits per heavy atom. The number of aliphatic carboxylic acids is 1. The molecular weight excluding hydrogens is 352 g/mol. The van der Waals surface area contributed by atoms with Gasteiger partial charge in [0.2, 0.25) is 0 Å². The largest absolute Gasteiger partial charge is 0.481 e. The monoisotopic (exact) mass is 392 g/mol. The molecule has 0 aliphatic heterocycles. The zero-order valence-electron chi connectivity index (χ0n) is 17.9. The molecule has 0 radical (unpaired) electrons. The molecule has 4 aliphatic carbocycles. The van der Waals surface area contributed by atoms with Crippen LogP contribution in [0.2, 0.25) is 0 Å². The van der Waals surface area contributed by atoms with Crippen molar-refractivity contribution in [1.29, 1.82) is 0 Å². The van der Waals surface area contributed by atoms with E-state index in [1.165, 1.54) is 25.7 Å². The Bertz CT molecular complexity index is 605. The van der Waals surface area contributed by atoms with E-state index in [4.69, 9.17) is 5.11 Å². The predicted molar refractivity (Wildman–Crippen MR) is 109 cm³/mol. The minimum Gasteiger partial charge on any atom is -0.481 e. The first kappa shape index (κ1) is 20.7. The van der Waals surface area contributed by atoms with Gasteiger partial charge in [-0.1, -0.05) is 20.8 Å². The highest BCUT2D eigenvalue weighted by Gasteiger charge is 2.62. The van der Waals surface area contributed by atoms with Crippen LogP contribution in [0.15, 0.2) is 0 Å². The van der Waals surface area contributed by atoms with Crippen LogP contribution in [0.5, 0.6) is 0 Å². The summed E-state index contributed by atoms with van der Waals surface area (Å²) in [5, 5.41) is 30.5. The minimum atomic E-state index is -0.684. The van der Waals surface area contributed by atoms with Gasteiger partial charge in [0.25, 0.3) is 0 Å². The van der Waals surface area contributed by atoms with Crippen LogP contribution in [0.4, 0.5) is 0 Å². The van der Waals surface area contributed by atoms with Crippen LogP contribution >= 0.6 is 0 Å². The van der Waals surface area contributed by atoms with Gasteiger partial charge in [-0.15, -0.1) is 0 Å². The Morgan fingerprint density at radius 2 is 1.68 bits per heavy atom. The predicted octanol–water partition coefficient (Wildman–Crippen LogP) is 4.48. The molecule has 3 N–H and O–H groups in total. The second-order valence-corrected chi connectivity index (χ2v) is 11.4. The number of hydrogen-bond acceptors (Lipinski definition) is 3. The number of fused-ring (bicyclic) bond motifs is 5. The van der Waals surface area contributed by atoms with E-state index in [2.05, 4.69) is 20.8 Å². The van der Waals surface area contributed by atoms with Crippen LogP contribution in [0.25, 0.3) is 0 Å². The first-order chi connectivity index (χ1) is 13.2. The minimum absolute atomic E-state index is 0.179. The lowest BCUT2D eigenvalue weighted by Crippen LogP contribution is -2.58. The number of rotatable bonds is 4. The smallest absolute Gasteiger partial charge is 0.303 e. The molecule has 4 fully saturated rings. The maximum atomic E-state index is 11.2. The summed E-state index contributed by atoms with van der Waals surface area (Å²) in [5.41, 5.74) is 0.523. The highest BCUT2D eigenvalue weighted by atomic mass is 16.4. The van der Waals surface area contributed by atoms with Crippen molar-refractivity contribution in [2.45, 2.75) is 97.2 Å². The molecule has 0 aromatic carbocycles. The third-order valence-corrected chi connectivity index (χ3v) is 10.2. The van der Waals surface area contributed by atoms with Gasteiger partial charge in [-0.3, -0.25) is 4.79 Å². The highest BCUT2D eigenvalue weighted by molar-refractivity contribution is 5.66. The van der Waals surface area contributed by atoms with E-state index in [0.29, 0.717) is 35.5 Å². The van der Waals surface area contributed by atoms with Gasteiger partial charge in [0.1, 0.15) is 0 Å². The summed E-state index contributed by atoms with van der Waals surface area (Å²) in [6.07, 6.45) is 9.19. The Labute approximate surface area is 170 Å². The van der Waals surface area contributed by atoms with Gasteiger partial charge < -0.3 is 15.3 Å².